The molecule has 0 spiro atoms. The van der Waals surface area contributed by atoms with Crippen molar-refractivity contribution in [1.82, 2.24) is 0 Å². The maximum Gasteiger partial charge on any atom is 2.00 e. The van der Waals surface area contributed by atoms with Crippen molar-refractivity contribution in [1.29, 1.82) is 0 Å². The molecule has 79 valence electrons. The Kier molecular flexibility index (Phi) is 9.77. The Balaban J connectivity index is 0. The van der Waals surface area contributed by atoms with Crippen molar-refractivity contribution in [3.05, 3.63) is 59.7 Å². The fraction of sp³-hybridized carbons (Fsp3) is 0.167. The summed E-state index contributed by atoms with van der Waals surface area (Å²) in [5.41, 5.74) is 2.69. The molecule has 0 atom stereocenters. The van der Waals surface area contributed by atoms with E-state index in [0.29, 0.717) is 0 Å². The molecule has 0 aliphatic carbocycles. The van der Waals surface area contributed by atoms with Crippen LogP contribution in [0.1, 0.15) is 11.1 Å². The van der Waals surface area contributed by atoms with Crippen molar-refractivity contribution in [2.24, 2.45) is 0 Å². The van der Waals surface area contributed by atoms with E-state index in [9.17, 15) is 0 Å². The summed E-state index contributed by atoms with van der Waals surface area (Å²) in [4.78, 5) is 0. The molecular formula is C12H16CoO. The first kappa shape index (κ1) is 15.6. The third-order valence-corrected chi connectivity index (χ3v) is 1.66. The molecule has 1 radical (unpaired) electrons. The number of aryl methyl sites for hydroxylation is 2. The van der Waals surface area contributed by atoms with E-state index in [1.54, 1.807) is 0 Å². The van der Waals surface area contributed by atoms with Crippen molar-refractivity contribution >= 4 is 0 Å². The Morgan fingerprint density at radius 2 is 0.857 bits per heavy atom. The fourth-order valence-corrected chi connectivity index (χ4v) is 0.940. The summed E-state index contributed by atoms with van der Waals surface area (Å²) in [6.45, 7) is 4.17. The molecule has 0 bridgehead atoms. The number of hydrogen-bond acceptors (Lipinski definition) is 0. The topological polar surface area (TPSA) is 31.5 Å². The van der Waals surface area contributed by atoms with Crippen LogP contribution in [0.25, 0.3) is 0 Å². The van der Waals surface area contributed by atoms with Gasteiger partial charge in [-0.1, -0.05) is 13.8 Å². The average molecular weight is 235 g/mol. The van der Waals surface area contributed by atoms with Gasteiger partial charge < -0.3 is 5.48 Å². The maximum atomic E-state index is 2.08. The van der Waals surface area contributed by atoms with E-state index in [1.165, 1.54) is 11.1 Å². The number of hydrogen-bond donors (Lipinski definition) is 0. The molecule has 0 heterocycles. The van der Waals surface area contributed by atoms with Gasteiger partial charge in [0.25, 0.3) is 0 Å². The first-order chi connectivity index (χ1) is 5.79. The van der Waals surface area contributed by atoms with Crippen molar-refractivity contribution in [3.8, 4) is 0 Å². The van der Waals surface area contributed by atoms with Crippen LogP contribution < -0.4 is 0 Å². The standard InChI is InChI=1S/2C6H7.Co.H2O/c2*1-6-4-2-3-5-6;;/h2*2-5H,1H3;;1H2/q2*-1;+2;. The Morgan fingerprint density at radius 1 is 0.643 bits per heavy atom. The predicted molar refractivity (Wildman–Crippen MR) is 57.2 cm³/mol. The van der Waals surface area contributed by atoms with Gasteiger partial charge in [-0.2, -0.15) is 35.4 Å². The second-order valence-electron chi connectivity index (χ2n) is 2.92. The zero-order valence-corrected chi connectivity index (χ0v) is 9.49. The van der Waals surface area contributed by atoms with Gasteiger partial charge in [0.15, 0.2) is 0 Å². The van der Waals surface area contributed by atoms with Gasteiger partial charge in [0, 0.05) is 0 Å². The molecule has 0 saturated carbocycles. The van der Waals surface area contributed by atoms with E-state index < -0.39 is 0 Å². The smallest absolute Gasteiger partial charge is 0.412 e. The molecule has 2 N–H and O–H groups in total. The van der Waals surface area contributed by atoms with Gasteiger partial charge in [-0.25, -0.2) is 24.3 Å². The number of rotatable bonds is 0. The minimum Gasteiger partial charge on any atom is -0.412 e. The zero-order chi connectivity index (χ0) is 8.81. The van der Waals surface area contributed by atoms with Gasteiger partial charge in [0.05, 0.1) is 0 Å². The molecule has 0 saturated heterocycles. The monoisotopic (exact) mass is 235 g/mol. The fourth-order valence-electron chi connectivity index (χ4n) is 0.940. The quantitative estimate of drug-likeness (QED) is 0.628. The summed E-state index contributed by atoms with van der Waals surface area (Å²) in [7, 11) is 0. The summed E-state index contributed by atoms with van der Waals surface area (Å²) < 4.78 is 0. The van der Waals surface area contributed by atoms with Gasteiger partial charge >= 0.3 is 16.8 Å². The van der Waals surface area contributed by atoms with Crippen molar-refractivity contribution in [2.75, 3.05) is 0 Å². The average Bonchev–Trinajstić information content (AvgIpc) is 2.63. The van der Waals surface area contributed by atoms with Gasteiger partial charge in [-0.15, -0.1) is 0 Å². The molecule has 0 aromatic heterocycles. The van der Waals surface area contributed by atoms with Crippen molar-refractivity contribution in [3.63, 3.8) is 0 Å². The Hall–Kier alpha value is -0.834. The molecule has 2 heteroatoms. The van der Waals surface area contributed by atoms with Crippen molar-refractivity contribution < 1.29 is 22.3 Å². The van der Waals surface area contributed by atoms with Crippen LogP contribution >= 0.6 is 0 Å². The van der Waals surface area contributed by atoms with E-state index in [4.69, 9.17) is 0 Å². The predicted octanol–water partition coefficient (Wildman–Crippen LogP) is 2.60. The van der Waals surface area contributed by atoms with E-state index in [0.717, 1.165) is 0 Å². The molecule has 1 nitrogen and oxygen atoms in total. The van der Waals surface area contributed by atoms with E-state index in [2.05, 4.69) is 38.1 Å². The third kappa shape index (κ3) is 6.66. The molecule has 0 aliphatic heterocycles. The summed E-state index contributed by atoms with van der Waals surface area (Å²) in [6, 6.07) is 16.5. The van der Waals surface area contributed by atoms with Crippen LogP contribution in [-0.2, 0) is 16.8 Å². The van der Waals surface area contributed by atoms with Crippen LogP contribution in [0.5, 0.6) is 0 Å². The van der Waals surface area contributed by atoms with Gasteiger partial charge in [0.1, 0.15) is 0 Å². The molecular weight excluding hydrogens is 219 g/mol. The SMILES string of the molecule is C[c-]1cccc1.C[c-]1cccc1.O.[Co+2]. The second-order valence-corrected chi connectivity index (χ2v) is 2.92. The Bertz CT molecular complexity index is 250. The van der Waals surface area contributed by atoms with Crippen LogP contribution in [0.4, 0.5) is 0 Å². The zero-order valence-electron chi connectivity index (χ0n) is 8.45. The Labute approximate surface area is 96.0 Å². The van der Waals surface area contributed by atoms with Crippen LogP contribution in [0.15, 0.2) is 48.5 Å². The summed E-state index contributed by atoms with van der Waals surface area (Å²) >= 11 is 0. The summed E-state index contributed by atoms with van der Waals surface area (Å²) in [6.07, 6.45) is 0. The minimum absolute atomic E-state index is 0. The maximum absolute atomic E-state index is 2.08. The first-order valence-corrected chi connectivity index (χ1v) is 4.15. The van der Waals surface area contributed by atoms with Gasteiger partial charge in [-0.05, 0) is 0 Å². The largest absolute Gasteiger partial charge is 2.00 e. The molecule has 2 aromatic rings. The van der Waals surface area contributed by atoms with E-state index >= 15 is 0 Å². The Morgan fingerprint density at radius 3 is 0.929 bits per heavy atom. The third-order valence-electron chi connectivity index (χ3n) is 1.66. The van der Waals surface area contributed by atoms with E-state index in [-0.39, 0.29) is 22.3 Å². The van der Waals surface area contributed by atoms with Crippen LogP contribution in [0.3, 0.4) is 0 Å². The van der Waals surface area contributed by atoms with Crippen molar-refractivity contribution in [2.45, 2.75) is 13.8 Å². The van der Waals surface area contributed by atoms with E-state index in [1.807, 2.05) is 24.3 Å². The summed E-state index contributed by atoms with van der Waals surface area (Å²) in [5.74, 6) is 0. The minimum atomic E-state index is 0. The second kappa shape index (κ2) is 8.75. The van der Waals surface area contributed by atoms with Crippen LogP contribution in [0, 0.1) is 13.8 Å². The summed E-state index contributed by atoms with van der Waals surface area (Å²) in [5, 5.41) is 0. The van der Waals surface area contributed by atoms with Crippen LogP contribution in [0.2, 0.25) is 0 Å². The van der Waals surface area contributed by atoms with Gasteiger partial charge in [0.2, 0.25) is 0 Å². The molecule has 2 rings (SSSR count). The molecule has 0 fully saturated rings. The normalized spacial score (nSPS) is 7.57. The first-order valence-electron chi connectivity index (χ1n) is 4.15. The molecule has 2 aromatic carbocycles. The molecule has 0 amide bonds. The molecule has 0 aliphatic rings. The molecule has 0 unspecified atom stereocenters. The molecule has 14 heavy (non-hydrogen) atoms. The van der Waals surface area contributed by atoms with Crippen LogP contribution in [-0.4, -0.2) is 5.48 Å². The van der Waals surface area contributed by atoms with Gasteiger partial charge in [-0.3, -0.25) is 0 Å².